The average molecular weight is 537 g/mol. The maximum atomic E-state index is 11.9. The van der Waals surface area contributed by atoms with Crippen molar-refractivity contribution in [3.05, 3.63) is 35.4 Å². The van der Waals surface area contributed by atoms with Crippen molar-refractivity contribution < 1.29 is 102 Å². The molecule has 0 radical (unpaired) electrons. The standard InChI is InChI=1S/C13H17N7O10P2.2Na/c14-13-17-10-7(11(23)18-13)16-5-20(10)12-9(22)8(21)6(29-12)3-28-32(26,27)30-31(24,25)19-2-1-15-4-19;;/h1-2,4-6,8-9,12,21-22H,3H2,(H,24,25)(H,26,27)(H3,14,17,18,23);;/q;2*+1/p-2/t6-,8?,9?,12-;;/m1../s1. The molecule has 1 aliphatic heterocycles. The molecule has 0 saturated carbocycles. The molecule has 3 aromatic heterocycles. The van der Waals surface area contributed by atoms with Gasteiger partial charge in [-0.15, -0.1) is 0 Å². The van der Waals surface area contributed by atoms with Crippen LogP contribution in [0.15, 0.2) is 29.8 Å². The summed E-state index contributed by atoms with van der Waals surface area (Å²) in [6, 6.07) is 0. The van der Waals surface area contributed by atoms with Crippen LogP contribution < -0.4 is 80.2 Å². The molecule has 6 atom stereocenters. The van der Waals surface area contributed by atoms with Gasteiger partial charge in [0.25, 0.3) is 13.4 Å². The second-order valence-electron chi connectivity index (χ2n) is 6.56. The van der Waals surface area contributed by atoms with E-state index in [1.807, 2.05) is 0 Å². The largest absolute Gasteiger partial charge is 1.00 e. The van der Waals surface area contributed by atoms with Crippen molar-refractivity contribution in [1.82, 2.24) is 28.8 Å². The van der Waals surface area contributed by atoms with Gasteiger partial charge in [0.15, 0.2) is 17.4 Å². The van der Waals surface area contributed by atoms with Crippen molar-refractivity contribution in [2.24, 2.45) is 0 Å². The number of H-pyrrole nitrogens is 1. The fourth-order valence-corrected chi connectivity index (χ4v) is 5.26. The van der Waals surface area contributed by atoms with Gasteiger partial charge < -0.3 is 35.0 Å². The zero-order valence-electron chi connectivity index (χ0n) is 17.7. The van der Waals surface area contributed by atoms with Gasteiger partial charge in [-0.1, -0.05) is 0 Å². The van der Waals surface area contributed by atoms with Crippen molar-refractivity contribution in [1.29, 1.82) is 0 Å². The normalized spacial score (nSPS) is 25.8. The third kappa shape index (κ3) is 6.08. The summed E-state index contributed by atoms with van der Waals surface area (Å²) in [4.78, 5) is 49.2. The quantitative estimate of drug-likeness (QED) is 0.161. The number of phosphoric ester groups is 1. The number of nitrogens with one attached hydrogen (secondary N) is 1. The second-order valence-corrected chi connectivity index (χ2v) is 9.76. The maximum absolute atomic E-state index is 11.9. The van der Waals surface area contributed by atoms with Crippen LogP contribution >= 0.6 is 15.6 Å². The Labute approximate surface area is 234 Å². The molecular formula is C13H15N7Na2O10P2. The van der Waals surface area contributed by atoms with E-state index in [4.69, 9.17) is 10.5 Å². The van der Waals surface area contributed by atoms with Crippen LogP contribution in [-0.4, -0.2) is 64.0 Å². The molecule has 1 aliphatic rings. The Hall–Kier alpha value is -0.460. The summed E-state index contributed by atoms with van der Waals surface area (Å²) in [5.41, 5.74) is 4.68. The minimum absolute atomic E-state index is 0. The Balaban J connectivity index is 0.00000204. The van der Waals surface area contributed by atoms with E-state index in [1.54, 1.807) is 0 Å². The van der Waals surface area contributed by atoms with Gasteiger partial charge in [0.1, 0.15) is 24.6 Å². The van der Waals surface area contributed by atoms with E-state index in [-0.39, 0.29) is 76.2 Å². The van der Waals surface area contributed by atoms with Crippen LogP contribution in [0.3, 0.4) is 0 Å². The first-order valence-corrected chi connectivity index (χ1v) is 11.6. The van der Waals surface area contributed by atoms with Crippen molar-refractivity contribution in [3.63, 3.8) is 0 Å². The predicted molar refractivity (Wildman–Crippen MR) is 98.4 cm³/mol. The predicted octanol–water partition coefficient (Wildman–Crippen LogP) is -8.96. The number of anilines is 1. The van der Waals surface area contributed by atoms with Crippen LogP contribution in [0, 0.1) is 0 Å². The number of fused-ring (bicyclic) bond motifs is 1. The first-order chi connectivity index (χ1) is 15.0. The first-order valence-electron chi connectivity index (χ1n) is 8.69. The summed E-state index contributed by atoms with van der Waals surface area (Å²) in [6.07, 6.45) is -2.12. The van der Waals surface area contributed by atoms with E-state index in [0.717, 1.165) is 29.6 Å². The number of nitrogens with zero attached hydrogens (tertiary/aromatic N) is 5. The minimum atomic E-state index is -5.43. The Morgan fingerprint density at radius 3 is 2.59 bits per heavy atom. The fourth-order valence-electron chi connectivity index (χ4n) is 2.98. The van der Waals surface area contributed by atoms with Crippen molar-refractivity contribution in [2.75, 3.05) is 12.3 Å². The molecule has 34 heavy (non-hydrogen) atoms. The molecule has 4 heterocycles. The number of phosphoric acid groups is 1. The van der Waals surface area contributed by atoms with Gasteiger partial charge in [-0.25, -0.2) is 9.97 Å². The van der Waals surface area contributed by atoms with Crippen LogP contribution in [0.25, 0.3) is 11.2 Å². The second kappa shape index (κ2) is 11.3. The molecule has 0 bridgehead atoms. The van der Waals surface area contributed by atoms with Gasteiger partial charge in [-0.2, -0.15) is 4.98 Å². The topological polar surface area (TPSA) is 256 Å². The summed E-state index contributed by atoms with van der Waals surface area (Å²) < 4.78 is 39.5. The van der Waals surface area contributed by atoms with Gasteiger partial charge in [0.05, 0.1) is 12.9 Å². The number of nitrogens with two attached hydrogens (primary N) is 1. The van der Waals surface area contributed by atoms with E-state index in [9.17, 15) is 33.9 Å². The smallest absolute Gasteiger partial charge is 0.761 e. The Morgan fingerprint density at radius 1 is 1.24 bits per heavy atom. The molecule has 5 N–H and O–H groups in total. The first kappa shape index (κ1) is 29.8. The number of aromatic nitrogens is 6. The van der Waals surface area contributed by atoms with Crippen LogP contribution in [0.2, 0.25) is 0 Å². The molecule has 1 saturated heterocycles. The van der Waals surface area contributed by atoms with E-state index in [0.29, 0.717) is 4.34 Å². The van der Waals surface area contributed by atoms with Gasteiger partial charge in [-0.3, -0.25) is 32.1 Å². The van der Waals surface area contributed by atoms with Crippen LogP contribution in [0.4, 0.5) is 5.95 Å². The Kier molecular flexibility index (Phi) is 9.89. The number of hydrogen-bond donors (Lipinski definition) is 4. The summed E-state index contributed by atoms with van der Waals surface area (Å²) in [5.74, 6) is -0.235. The monoisotopic (exact) mass is 537 g/mol. The molecule has 0 spiro atoms. The van der Waals surface area contributed by atoms with E-state index < -0.39 is 52.3 Å². The van der Waals surface area contributed by atoms with Gasteiger partial charge in [0, 0.05) is 12.4 Å². The van der Waals surface area contributed by atoms with Crippen LogP contribution in [-0.2, 0) is 22.7 Å². The molecule has 0 aromatic carbocycles. The van der Waals surface area contributed by atoms with Gasteiger partial charge in [-0.05, 0) is 0 Å². The summed E-state index contributed by atoms with van der Waals surface area (Å²) >= 11 is 0. The number of rotatable bonds is 7. The number of imidazole rings is 2. The average Bonchev–Trinajstić information content (AvgIpc) is 3.41. The number of aliphatic hydroxyl groups is 2. The molecule has 4 rings (SSSR count). The number of ether oxygens (including phenoxy) is 1. The van der Waals surface area contributed by atoms with Gasteiger partial charge in [0.2, 0.25) is 13.7 Å². The van der Waals surface area contributed by atoms with E-state index in [2.05, 4.69) is 28.8 Å². The van der Waals surface area contributed by atoms with Crippen molar-refractivity contribution in [2.45, 2.75) is 24.5 Å². The van der Waals surface area contributed by atoms with Crippen LogP contribution in [0.5, 0.6) is 0 Å². The molecule has 3 aromatic rings. The Morgan fingerprint density at radius 2 is 1.94 bits per heavy atom. The summed E-state index contributed by atoms with van der Waals surface area (Å²) in [5, 5.41) is 20.6. The van der Waals surface area contributed by atoms with E-state index >= 15 is 0 Å². The molecule has 4 unspecified atom stereocenters. The third-order valence-corrected chi connectivity index (χ3v) is 7.33. The SMILES string of the molecule is Nc1nc2c(ncn2[C@@H]2O[C@H](COP(=O)([O-])OP(=O)([O-])n3ccnc3)C(O)C2O)c(=O)[nH]1.[Na+].[Na+]. The summed E-state index contributed by atoms with van der Waals surface area (Å²) in [6.45, 7) is -0.901. The zero-order valence-corrected chi connectivity index (χ0v) is 23.5. The molecule has 0 aliphatic carbocycles. The zero-order chi connectivity index (χ0) is 23.3. The van der Waals surface area contributed by atoms with Gasteiger partial charge >= 0.3 is 59.1 Å². The molecule has 174 valence electrons. The number of nitrogen functional groups attached to an aromatic ring is 1. The number of hydrogen-bond acceptors (Lipinski definition) is 14. The number of aliphatic hydroxyl groups excluding tert-OH is 2. The number of aromatic amines is 1. The maximum Gasteiger partial charge on any atom is 1.00 e. The van der Waals surface area contributed by atoms with Crippen molar-refractivity contribution >= 4 is 32.7 Å². The van der Waals surface area contributed by atoms with Crippen LogP contribution in [0.1, 0.15) is 6.23 Å². The van der Waals surface area contributed by atoms with E-state index in [1.165, 1.54) is 0 Å². The molecular weight excluding hydrogens is 522 g/mol. The molecule has 0 amide bonds. The molecule has 17 nitrogen and oxygen atoms in total. The van der Waals surface area contributed by atoms with Crippen molar-refractivity contribution in [3.8, 4) is 0 Å². The fraction of sp³-hybridized carbons (Fsp3) is 0.385. The third-order valence-electron chi connectivity index (χ3n) is 4.44. The summed E-state index contributed by atoms with van der Waals surface area (Å²) in [7, 11) is -10.5. The Bertz CT molecular complexity index is 1290. The molecule has 1 fully saturated rings. The molecule has 21 heteroatoms. The minimum Gasteiger partial charge on any atom is -0.761 e.